The average Bonchev–Trinajstić information content (AvgIpc) is 2.99. The number of hydrogen-bond acceptors (Lipinski definition) is 4. The molecular formula is C16H23N5O2. The molecule has 0 saturated heterocycles. The van der Waals surface area contributed by atoms with E-state index in [9.17, 15) is 9.90 Å². The number of carbonyl (C=O) groups is 1. The molecule has 0 bridgehead atoms. The Labute approximate surface area is 135 Å². The van der Waals surface area contributed by atoms with Crippen molar-refractivity contribution in [1.82, 2.24) is 25.4 Å². The molecule has 0 spiro atoms. The highest BCUT2D eigenvalue weighted by molar-refractivity contribution is 5.74. The lowest BCUT2D eigenvalue weighted by Crippen LogP contribution is -2.44. The zero-order valence-electron chi connectivity index (χ0n) is 13.7. The first kappa shape index (κ1) is 17.0. The summed E-state index contributed by atoms with van der Waals surface area (Å²) in [5, 5.41) is 20.1. The molecule has 0 aliphatic carbocycles. The smallest absolute Gasteiger partial charge is 0.315 e. The Hall–Kier alpha value is -2.41. The second-order valence-corrected chi connectivity index (χ2v) is 5.74. The van der Waals surface area contributed by atoms with Gasteiger partial charge in [0.1, 0.15) is 5.60 Å². The van der Waals surface area contributed by atoms with E-state index in [-0.39, 0.29) is 18.6 Å². The van der Waals surface area contributed by atoms with Gasteiger partial charge in [0, 0.05) is 31.2 Å². The molecule has 2 unspecified atom stereocenters. The Morgan fingerprint density at radius 1 is 1.43 bits per heavy atom. The summed E-state index contributed by atoms with van der Waals surface area (Å²) >= 11 is 0. The molecule has 2 aromatic heterocycles. The van der Waals surface area contributed by atoms with Crippen LogP contribution in [0.4, 0.5) is 4.79 Å². The molecule has 2 rings (SSSR count). The third-order valence-electron chi connectivity index (χ3n) is 3.74. The molecule has 2 heterocycles. The molecular weight excluding hydrogens is 294 g/mol. The number of pyridine rings is 1. The maximum Gasteiger partial charge on any atom is 0.315 e. The summed E-state index contributed by atoms with van der Waals surface area (Å²) in [4.78, 5) is 16.1. The van der Waals surface area contributed by atoms with Crippen LogP contribution in [-0.4, -0.2) is 32.4 Å². The van der Waals surface area contributed by atoms with Gasteiger partial charge in [-0.2, -0.15) is 5.10 Å². The van der Waals surface area contributed by atoms with Crippen molar-refractivity contribution in [2.75, 3.05) is 6.54 Å². The average molecular weight is 317 g/mol. The predicted molar refractivity (Wildman–Crippen MR) is 86.6 cm³/mol. The monoisotopic (exact) mass is 317 g/mol. The zero-order valence-corrected chi connectivity index (χ0v) is 13.7. The molecule has 0 fully saturated rings. The number of rotatable bonds is 6. The largest absolute Gasteiger partial charge is 0.383 e. The number of aliphatic hydroxyl groups is 1. The number of urea groups is 1. The number of amides is 2. The van der Waals surface area contributed by atoms with Gasteiger partial charge < -0.3 is 15.7 Å². The second kappa shape index (κ2) is 7.23. The highest BCUT2D eigenvalue weighted by Crippen LogP contribution is 2.19. The summed E-state index contributed by atoms with van der Waals surface area (Å²) in [7, 11) is 1.78. The normalized spacial score (nSPS) is 14.8. The van der Waals surface area contributed by atoms with Gasteiger partial charge in [-0.15, -0.1) is 0 Å². The van der Waals surface area contributed by atoms with Crippen molar-refractivity contribution in [2.24, 2.45) is 7.05 Å². The van der Waals surface area contributed by atoms with E-state index in [1.54, 1.807) is 43.4 Å². The van der Waals surface area contributed by atoms with Crippen LogP contribution in [-0.2, 0) is 12.6 Å². The molecule has 2 atom stereocenters. The maximum absolute atomic E-state index is 12.1. The molecule has 0 aliphatic rings. The fraction of sp³-hybridized carbons (Fsp3) is 0.438. The van der Waals surface area contributed by atoms with E-state index in [4.69, 9.17) is 0 Å². The Kier molecular flexibility index (Phi) is 5.33. The van der Waals surface area contributed by atoms with E-state index in [2.05, 4.69) is 20.7 Å². The molecule has 7 nitrogen and oxygen atoms in total. The first-order chi connectivity index (χ1) is 10.9. The third-order valence-corrected chi connectivity index (χ3v) is 3.74. The van der Waals surface area contributed by atoms with Crippen molar-refractivity contribution in [3.05, 3.63) is 48.0 Å². The Bertz CT molecular complexity index is 639. The SMILES string of the molecule is CCC(NC(=O)NCC(C)(O)c1cnn(C)c1)c1ccncc1. The molecule has 2 aromatic rings. The first-order valence-electron chi connectivity index (χ1n) is 7.58. The van der Waals surface area contributed by atoms with Gasteiger partial charge in [0.15, 0.2) is 0 Å². The molecule has 3 N–H and O–H groups in total. The van der Waals surface area contributed by atoms with Gasteiger partial charge >= 0.3 is 6.03 Å². The number of nitrogens with zero attached hydrogens (tertiary/aromatic N) is 3. The molecule has 0 saturated carbocycles. The summed E-state index contributed by atoms with van der Waals surface area (Å²) in [6.45, 7) is 3.74. The minimum Gasteiger partial charge on any atom is -0.383 e. The second-order valence-electron chi connectivity index (χ2n) is 5.74. The predicted octanol–water partition coefficient (Wildman–Crippen LogP) is 1.47. The molecule has 0 aliphatic heterocycles. The van der Waals surface area contributed by atoms with Crippen LogP contribution in [0.3, 0.4) is 0 Å². The molecule has 124 valence electrons. The lowest BCUT2D eigenvalue weighted by atomic mass is 10.00. The first-order valence-corrected chi connectivity index (χ1v) is 7.58. The van der Waals surface area contributed by atoms with Gasteiger partial charge in [0.2, 0.25) is 0 Å². The maximum atomic E-state index is 12.1. The quantitative estimate of drug-likeness (QED) is 0.752. The topological polar surface area (TPSA) is 92.1 Å². The summed E-state index contributed by atoms with van der Waals surface area (Å²) in [6, 6.07) is 3.33. The highest BCUT2D eigenvalue weighted by Gasteiger charge is 2.25. The fourth-order valence-corrected chi connectivity index (χ4v) is 2.28. The van der Waals surface area contributed by atoms with Crippen LogP contribution < -0.4 is 10.6 Å². The number of aromatic nitrogens is 3. The summed E-state index contributed by atoms with van der Waals surface area (Å²) in [5.74, 6) is 0. The number of nitrogens with one attached hydrogen (secondary N) is 2. The van der Waals surface area contributed by atoms with Crippen LogP contribution >= 0.6 is 0 Å². The van der Waals surface area contributed by atoms with Gasteiger partial charge in [-0.1, -0.05) is 6.92 Å². The van der Waals surface area contributed by atoms with E-state index in [1.165, 1.54) is 0 Å². The summed E-state index contributed by atoms with van der Waals surface area (Å²) in [5.41, 5.74) is 0.474. The summed E-state index contributed by atoms with van der Waals surface area (Å²) in [6.07, 6.45) is 7.47. The van der Waals surface area contributed by atoms with Crippen LogP contribution in [0, 0.1) is 0 Å². The fourth-order valence-electron chi connectivity index (χ4n) is 2.28. The minimum atomic E-state index is -1.18. The molecule has 7 heteroatoms. The number of hydrogen-bond donors (Lipinski definition) is 3. The van der Waals surface area contributed by atoms with Gasteiger partial charge in [0.25, 0.3) is 0 Å². The summed E-state index contributed by atoms with van der Waals surface area (Å²) < 4.78 is 1.61. The van der Waals surface area contributed by atoms with Crippen molar-refractivity contribution in [2.45, 2.75) is 31.9 Å². The highest BCUT2D eigenvalue weighted by atomic mass is 16.3. The minimum absolute atomic E-state index is 0.0945. The van der Waals surface area contributed by atoms with E-state index in [0.29, 0.717) is 5.56 Å². The Balaban J connectivity index is 1.91. The van der Waals surface area contributed by atoms with Crippen molar-refractivity contribution in [1.29, 1.82) is 0 Å². The molecule has 0 radical (unpaired) electrons. The van der Waals surface area contributed by atoms with Gasteiger partial charge in [-0.05, 0) is 31.0 Å². The zero-order chi connectivity index (χ0) is 16.9. The van der Waals surface area contributed by atoms with Crippen LogP contribution in [0.15, 0.2) is 36.9 Å². The lowest BCUT2D eigenvalue weighted by molar-refractivity contribution is 0.0592. The van der Waals surface area contributed by atoms with Gasteiger partial charge in [-0.3, -0.25) is 9.67 Å². The molecule has 23 heavy (non-hydrogen) atoms. The Morgan fingerprint density at radius 3 is 2.70 bits per heavy atom. The third kappa shape index (κ3) is 4.53. The van der Waals surface area contributed by atoms with Crippen LogP contribution in [0.25, 0.3) is 0 Å². The van der Waals surface area contributed by atoms with Gasteiger partial charge in [-0.25, -0.2) is 4.79 Å². The lowest BCUT2D eigenvalue weighted by Gasteiger charge is -2.24. The van der Waals surface area contributed by atoms with Crippen LogP contribution in [0.2, 0.25) is 0 Å². The van der Waals surface area contributed by atoms with Crippen LogP contribution in [0.5, 0.6) is 0 Å². The number of carbonyl (C=O) groups excluding carboxylic acids is 1. The van der Waals surface area contributed by atoms with Crippen molar-refractivity contribution < 1.29 is 9.90 Å². The van der Waals surface area contributed by atoms with Crippen molar-refractivity contribution in [3.63, 3.8) is 0 Å². The van der Waals surface area contributed by atoms with E-state index >= 15 is 0 Å². The van der Waals surface area contributed by atoms with Gasteiger partial charge in [0.05, 0.1) is 18.8 Å². The van der Waals surface area contributed by atoms with E-state index in [0.717, 1.165) is 12.0 Å². The van der Waals surface area contributed by atoms with Crippen molar-refractivity contribution in [3.8, 4) is 0 Å². The molecule has 2 amide bonds. The van der Waals surface area contributed by atoms with Crippen LogP contribution in [0.1, 0.15) is 37.4 Å². The van der Waals surface area contributed by atoms with Crippen molar-refractivity contribution >= 4 is 6.03 Å². The number of aryl methyl sites for hydroxylation is 1. The molecule has 0 aromatic carbocycles. The van der Waals surface area contributed by atoms with E-state index < -0.39 is 5.60 Å². The standard InChI is InChI=1S/C16H23N5O2/c1-4-14(12-5-7-17-8-6-12)20-15(22)18-11-16(2,23)13-9-19-21(3)10-13/h5-10,14,23H,4,11H2,1-3H3,(H2,18,20,22). The Morgan fingerprint density at radius 2 is 2.13 bits per heavy atom. The van der Waals surface area contributed by atoms with E-state index in [1.807, 2.05) is 19.1 Å².